The van der Waals surface area contributed by atoms with Crippen molar-refractivity contribution < 1.29 is 28.3 Å². The van der Waals surface area contributed by atoms with Crippen LogP contribution in [-0.2, 0) is 30.5 Å². The number of likely N-dealkylation sites (N-methyl/N-ethyl adjacent to an activating group) is 1. The van der Waals surface area contributed by atoms with Crippen molar-refractivity contribution in [2.75, 3.05) is 21.3 Å². The Labute approximate surface area is 179 Å². The Morgan fingerprint density at radius 3 is 2.53 bits per heavy atom. The molecule has 8 heteroatoms. The van der Waals surface area contributed by atoms with Crippen molar-refractivity contribution in [1.82, 2.24) is 5.06 Å². The number of methoxy groups -OCH3 is 2. The summed E-state index contributed by atoms with van der Waals surface area (Å²) in [7, 11) is 4.06. The topological polar surface area (TPSA) is 65.1 Å². The average molecular weight is 434 g/mol. The van der Waals surface area contributed by atoms with E-state index in [0.717, 1.165) is 5.06 Å². The Kier molecular flexibility index (Phi) is 8.58. The fourth-order valence-corrected chi connectivity index (χ4v) is 2.76. The molecule has 6 nitrogen and oxygen atoms in total. The van der Waals surface area contributed by atoms with Crippen molar-refractivity contribution in [3.8, 4) is 0 Å². The Balaban J connectivity index is 2.20. The van der Waals surface area contributed by atoms with Gasteiger partial charge in [0.2, 0.25) is 0 Å². The van der Waals surface area contributed by atoms with Gasteiger partial charge in [-0.1, -0.05) is 48.0 Å². The molecule has 0 saturated carbocycles. The molecule has 0 radical (unpaired) electrons. The van der Waals surface area contributed by atoms with E-state index in [9.17, 15) is 14.0 Å². The number of hydrogen-bond acceptors (Lipinski definition) is 5. The van der Waals surface area contributed by atoms with Crippen LogP contribution in [0.4, 0.5) is 4.39 Å². The fourth-order valence-electron chi connectivity index (χ4n) is 2.52. The van der Waals surface area contributed by atoms with Gasteiger partial charge in [-0.15, -0.1) is 0 Å². The van der Waals surface area contributed by atoms with Crippen LogP contribution in [0, 0.1) is 5.82 Å². The maximum atomic E-state index is 13.2. The number of hydrogen-bond donors (Lipinski definition) is 0. The number of ether oxygens (including phenoxy) is 2. The van der Waals surface area contributed by atoms with Crippen LogP contribution >= 0.6 is 11.6 Å². The first-order valence-corrected chi connectivity index (χ1v) is 9.18. The van der Waals surface area contributed by atoms with E-state index in [-0.39, 0.29) is 17.2 Å². The summed E-state index contributed by atoms with van der Waals surface area (Å²) < 4.78 is 23.0. The van der Waals surface area contributed by atoms with E-state index in [2.05, 4.69) is 0 Å². The quantitative estimate of drug-likeness (QED) is 0.271. The van der Waals surface area contributed by atoms with Gasteiger partial charge in [0, 0.05) is 7.05 Å². The maximum Gasteiger partial charge on any atom is 0.341 e. The summed E-state index contributed by atoms with van der Waals surface area (Å²) in [6.45, 7) is -0.0101. The molecule has 0 atom stereocenters. The minimum Gasteiger partial charge on any atom is -0.503 e. The number of carbonyl (C=O) groups excluding carboxylic acids is 2. The van der Waals surface area contributed by atoms with E-state index in [1.54, 1.807) is 36.4 Å². The predicted octanol–water partition coefficient (Wildman–Crippen LogP) is 4.16. The van der Waals surface area contributed by atoms with Gasteiger partial charge in [-0.2, -0.15) is 0 Å². The third-order valence-electron chi connectivity index (χ3n) is 3.98. The first kappa shape index (κ1) is 23.1. The summed E-state index contributed by atoms with van der Waals surface area (Å²) in [6, 6.07) is 12.7. The first-order valence-electron chi connectivity index (χ1n) is 8.80. The third-order valence-corrected chi connectivity index (χ3v) is 4.25. The standard InChI is InChI=1S/C22H21ClFNO5/c1-25(30-13-15-7-6-9-17(24)11-15)21(26)20(23)12-16-8-4-5-10-18(16)19(14-28-2)22(27)29-3/h4-12,14H,13H2,1-3H3. The van der Waals surface area contributed by atoms with Crippen LogP contribution in [0.2, 0.25) is 0 Å². The molecule has 0 fully saturated rings. The van der Waals surface area contributed by atoms with Gasteiger partial charge < -0.3 is 9.47 Å². The Morgan fingerprint density at radius 2 is 1.87 bits per heavy atom. The molecule has 158 valence electrons. The zero-order chi connectivity index (χ0) is 22.1. The van der Waals surface area contributed by atoms with Gasteiger partial charge in [0.25, 0.3) is 5.91 Å². The summed E-state index contributed by atoms with van der Waals surface area (Å²) >= 11 is 6.20. The van der Waals surface area contributed by atoms with Crippen molar-refractivity contribution in [3.05, 3.63) is 82.3 Å². The molecule has 0 heterocycles. The van der Waals surface area contributed by atoms with Gasteiger partial charge in [-0.25, -0.2) is 14.2 Å². The van der Waals surface area contributed by atoms with Crippen LogP contribution < -0.4 is 0 Å². The lowest BCUT2D eigenvalue weighted by molar-refractivity contribution is -0.177. The number of rotatable bonds is 8. The molecular formula is C22H21ClFNO5. The van der Waals surface area contributed by atoms with Crippen molar-refractivity contribution in [1.29, 1.82) is 0 Å². The van der Waals surface area contributed by atoms with E-state index in [1.807, 2.05) is 0 Å². The Bertz CT molecular complexity index is 974. The second kappa shape index (κ2) is 11.1. The molecule has 2 rings (SSSR count). The van der Waals surface area contributed by atoms with Gasteiger partial charge in [0.15, 0.2) is 0 Å². The minimum atomic E-state index is -0.613. The maximum absolute atomic E-state index is 13.2. The molecule has 0 aromatic heterocycles. The lowest BCUT2D eigenvalue weighted by Gasteiger charge is -2.17. The molecule has 0 N–H and O–H groups in total. The van der Waals surface area contributed by atoms with Crippen molar-refractivity contribution in [2.24, 2.45) is 0 Å². The zero-order valence-electron chi connectivity index (χ0n) is 16.7. The van der Waals surface area contributed by atoms with E-state index in [0.29, 0.717) is 16.7 Å². The third kappa shape index (κ3) is 6.17. The summed E-state index contributed by atoms with van der Waals surface area (Å²) in [4.78, 5) is 30.0. The number of carbonyl (C=O) groups is 2. The highest BCUT2D eigenvalue weighted by Crippen LogP contribution is 2.24. The van der Waals surface area contributed by atoms with E-state index < -0.39 is 17.7 Å². The molecule has 0 bridgehead atoms. The largest absolute Gasteiger partial charge is 0.503 e. The highest BCUT2D eigenvalue weighted by Gasteiger charge is 2.18. The normalized spacial score (nSPS) is 11.8. The van der Waals surface area contributed by atoms with Crippen LogP contribution in [0.1, 0.15) is 16.7 Å². The first-order chi connectivity index (χ1) is 14.4. The van der Waals surface area contributed by atoms with Gasteiger partial charge in [-0.3, -0.25) is 9.63 Å². The van der Waals surface area contributed by atoms with Crippen molar-refractivity contribution in [3.63, 3.8) is 0 Å². The number of benzene rings is 2. The smallest absolute Gasteiger partial charge is 0.341 e. The van der Waals surface area contributed by atoms with Crippen LogP contribution in [-0.4, -0.2) is 38.2 Å². The zero-order valence-corrected chi connectivity index (χ0v) is 17.5. The number of nitrogens with zero attached hydrogens (tertiary/aromatic N) is 1. The van der Waals surface area contributed by atoms with Crippen molar-refractivity contribution in [2.45, 2.75) is 6.61 Å². The molecule has 0 aliphatic carbocycles. The highest BCUT2D eigenvalue weighted by molar-refractivity contribution is 6.44. The van der Waals surface area contributed by atoms with Gasteiger partial charge >= 0.3 is 5.97 Å². The minimum absolute atomic E-state index is 0.0101. The lowest BCUT2D eigenvalue weighted by atomic mass is 10.00. The van der Waals surface area contributed by atoms with Crippen molar-refractivity contribution >= 4 is 35.1 Å². The summed E-state index contributed by atoms with van der Waals surface area (Å²) in [6.07, 6.45) is 2.66. The molecule has 1 amide bonds. The number of amides is 1. The molecule has 0 spiro atoms. The molecule has 0 aliphatic heterocycles. The van der Waals surface area contributed by atoms with Crippen LogP contribution in [0.15, 0.2) is 59.8 Å². The van der Waals surface area contributed by atoms with E-state index in [1.165, 1.54) is 45.7 Å². The van der Waals surface area contributed by atoms with Crippen LogP contribution in [0.3, 0.4) is 0 Å². The van der Waals surface area contributed by atoms with Gasteiger partial charge in [-0.05, 0) is 34.9 Å². The molecule has 2 aromatic carbocycles. The highest BCUT2D eigenvalue weighted by atomic mass is 35.5. The van der Waals surface area contributed by atoms with E-state index >= 15 is 0 Å². The predicted molar refractivity (Wildman–Crippen MR) is 111 cm³/mol. The second-order valence-electron chi connectivity index (χ2n) is 6.04. The number of esters is 1. The molecular weight excluding hydrogens is 413 g/mol. The van der Waals surface area contributed by atoms with Crippen LogP contribution in [0.25, 0.3) is 11.6 Å². The number of hydroxylamine groups is 2. The summed E-state index contributed by atoms with van der Waals surface area (Å²) in [5.41, 5.74) is 1.70. The number of halogens is 2. The fraction of sp³-hybridized carbons (Fsp3) is 0.182. The molecule has 2 aromatic rings. The van der Waals surface area contributed by atoms with Gasteiger partial charge in [0.05, 0.1) is 20.5 Å². The molecule has 0 aliphatic rings. The Hall–Kier alpha value is -3.16. The Morgan fingerprint density at radius 1 is 1.13 bits per heavy atom. The SMILES string of the molecule is COC=C(C(=O)OC)c1ccccc1C=C(Cl)C(=O)N(C)OCc1cccc(F)c1. The molecule has 0 unspecified atom stereocenters. The molecule has 0 saturated heterocycles. The second-order valence-corrected chi connectivity index (χ2v) is 6.45. The van der Waals surface area contributed by atoms with Crippen LogP contribution in [0.5, 0.6) is 0 Å². The summed E-state index contributed by atoms with van der Waals surface area (Å²) in [5.74, 6) is -1.61. The lowest BCUT2D eigenvalue weighted by Crippen LogP contribution is -2.26. The van der Waals surface area contributed by atoms with E-state index in [4.69, 9.17) is 25.9 Å². The molecule has 30 heavy (non-hydrogen) atoms. The monoisotopic (exact) mass is 433 g/mol. The van der Waals surface area contributed by atoms with Gasteiger partial charge in [0.1, 0.15) is 23.0 Å². The summed E-state index contributed by atoms with van der Waals surface area (Å²) in [5, 5.41) is 0.810. The average Bonchev–Trinajstić information content (AvgIpc) is 2.75.